The number of hydrogen-bond donors (Lipinski definition) is 1. The molecule has 2 amide bonds. The van der Waals surface area contributed by atoms with Crippen LogP contribution < -0.4 is 10.2 Å². The van der Waals surface area contributed by atoms with Crippen molar-refractivity contribution in [1.82, 2.24) is 5.32 Å². The maximum absolute atomic E-state index is 13.6. The Bertz CT molecular complexity index is 2100. The second-order valence-electron chi connectivity index (χ2n) is 12.8. The molecule has 2 atom stereocenters. The van der Waals surface area contributed by atoms with E-state index in [-0.39, 0.29) is 11.8 Å². The van der Waals surface area contributed by atoms with Gasteiger partial charge in [0.1, 0.15) is 17.2 Å². The Morgan fingerprint density at radius 2 is 1.12 bits per heavy atom. The number of carbonyl (C=O) groups excluding carboxylic acids is 1. The Kier molecular flexibility index (Phi) is 24.1. The predicted octanol–water partition coefficient (Wildman–Crippen LogP) is -0.238. The van der Waals surface area contributed by atoms with Crippen molar-refractivity contribution >= 4 is 146 Å². The average molecular weight is 704 g/mol. The van der Waals surface area contributed by atoms with E-state index < -0.39 is 56.6 Å². The topological polar surface area (TPSA) is 44.7 Å². The first kappa shape index (κ1) is 50.5. The number of amidine groups is 1. The van der Waals surface area contributed by atoms with Crippen molar-refractivity contribution in [3.8, 4) is 0 Å². The molecule has 1 saturated carbocycles. The Morgan fingerprint density at radius 3 is 1.46 bits per heavy atom. The fourth-order valence-electron chi connectivity index (χ4n) is 6.53. The average Bonchev–Trinajstić information content (AvgIpc) is 3.40. The minimum atomic E-state index is -0.853. The highest BCUT2D eigenvalue weighted by atomic mass is 19.1. The minimum Gasteiger partial charge on any atom is -0.294 e. The lowest BCUT2D eigenvalue weighted by molar-refractivity contribution is 0.243. The molecule has 0 unspecified atom stereocenters. The number of nitrogens with one attached hydrogen (secondary N) is 1. The summed E-state index contributed by atoms with van der Waals surface area (Å²) < 4.78 is 13.6. The number of nitrogens with zero attached hydrogens (tertiary/aromatic N) is 2. The van der Waals surface area contributed by atoms with Crippen LogP contribution in [0.25, 0.3) is 0 Å². The lowest BCUT2D eigenvalue weighted by Gasteiger charge is -2.42. The molecule has 1 heterocycles. The monoisotopic (exact) mass is 707 g/mol. The van der Waals surface area contributed by atoms with Crippen molar-refractivity contribution in [2.75, 3.05) is 11.9 Å². The van der Waals surface area contributed by atoms with Crippen LogP contribution in [0.2, 0.25) is 0 Å². The second-order valence-corrected chi connectivity index (χ2v) is 12.8. The van der Waals surface area contributed by atoms with E-state index in [1.807, 2.05) is 0 Å². The van der Waals surface area contributed by atoms with Gasteiger partial charge in [0.15, 0.2) is 0 Å². The molecule has 1 spiro atoms. The maximum atomic E-state index is 13.6. The van der Waals surface area contributed by atoms with E-state index in [9.17, 15) is 9.18 Å². The summed E-state index contributed by atoms with van der Waals surface area (Å²) in [6.45, 7) is 8.78. The summed E-state index contributed by atoms with van der Waals surface area (Å²) in [5.41, 5.74) is 39.6. The number of anilines is 1. The quantitative estimate of drug-likeness (QED) is 0.295. The summed E-state index contributed by atoms with van der Waals surface area (Å²) in [4.78, 5) is 18.4. The Hall–Kier alpha value is -4.52. The van der Waals surface area contributed by atoms with Crippen LogP contribution in [0.15, 0.2) is 134 Å². The van der Waals surface area contributed by atoms with Gasteiger partial charge >= 0.3 is 6.03 Å². The van der Waals surface area contributed by atoms with E-state index in [4.69, 9.17) is 77.4 Å². The van der Waals surface area contributed by atoms with Crippen LogP contribution in [0.4, 0.5) is 14.9 Å². The zero-order valence-corrected chi connectivity index (χ0v) is 32.2. The summed E-state index contributed by atoms with van der Waals surface area (Å²) in [5.74, 6) is 0.892. The number of rotatable bonds is 8. The number of urea groups is 1. The van der Waals surface area contributed by atoms with Crippen molar-refractivity contribution in [2.24, 2.45) is 10.9 Å². The van der Waals surface area contributed by atoms with E-state index in [1.54, 1.807) is 24.1 Å². The third-order valence-corrected chi connectivity index (χ3v) is 8.66. The molecule has 1 aliphatic carbocycles. The summed E-state index contributed by atoms with van der Waals surface area (Å²) in [7, 11) is 58.4. The van der Waals surface area contributed by atoms with Crippen molar-refractivity contribution < 1.29 is 9.18 Å². The Balaban J connectivity index is 0.000000431. The molecule has 4 nitrogen and oxygen atoms in total. The lowest BCUT2D eigenvalue weighted by Crippen LogP contribution is -2.78. The molecule has 23 heteroatoms. The van der Waals surface area contributed by atoms with E-state index in [1.165, 1.54) is 12.1 Å². The standard InChI is InChI=1S/C18H4.C16H20FN3O.B18/c1-3-5-7-9-11-13-15-17-18-16-14-12-10-8-6-4-2;1-11-5-4-8-16(10-11)14(18-2)19-15(21)20(16)13-7-3-6-12(17)9-13;1-11(2)16(12(3)4)18(15(9)10)17(13(5)6)14(7)8/h1-2H2;3,6-7,9,11H,4-5,8,10H2,1-2H3,(H,18,19,21);/t;11-,16-;/m.1./s1. The first-order chi connectivity index (χ1) is 27.1. The van der Waals surface area contributed by atoms with Gasteiger partial charge in [-0.15, -0.1) is 0 Å². The van der Waals surface area contributed by atoms with Gasteiger partial charge in [0.2, 0.25) is 0 Å². The number of aliphatic imine (C=N–C) groups is 1. The van der Waals surface area contributed by atoms with E-state index in [0.29, 0.717) is 17.4 Å². The fourth-order valence-corrected chi connectivity index (χ4v) is 6.53. The molecule has 2 aliphatic rings. The van der Waals surface area contributed by atoms with Crippen molar-refractivity contribution in [3.05, 3.63) is 135 Å². The van der Waals surface area contributed by atoms with Gasteiger partial charge in [0.25, 0.3) is 0 Å². The van der Waals surface area contributed by atoms with Crippen LogP contribution in [-0.4, -0.2) is 153 Å². The predicted molar refractivity (Wildman–Crippen MR) is 252 cm³/mol. The Morgan fingerprint density at radius 1 is 0.719 bits per heavy atom. The first-order valence-electron chi connectivity index (χ1n) is 17.5. The zero-order valence-electron chi connectivity index (χ0n) is 32.2. The number of carbonyl (C=O) groups is 1. The highest BCUT2D eigenvalue weighted by Gasteiger charge is 2.53. The maximum Gasteiger partial charge on any atom is 0.328 e. The van der Waals surface area contributed by atoms with Crippen LogP contribution in [0.1, 0.15) is 32.6 Å². The number of hydrogen-bond acceptors (Lipinski definition) is 2. The van der Waals surface area contributed by atoms with Crippen LogP contribution in [0, 0.1) is 11.7 Å². The van der Waals surface area contributed by atoms with Crippen LogP contribution in [0.5, 0.6) is 0 Å². The second kappa shape index (κ2) is 27.2. The van der Waals surface area contributed by atoms with Gasteiger partial charge in [-0.25, -0.2) is 9.18 Å². The molecule has 20 radical (unpaired) electrons. The van der Waals surface area contributed by atoms with Crippen LogP contribution in [-0.2, 0) is 0 Å². The van der Waals surface area contributed by atoms with Crippen LogP contribution in [0.3, 0.4) is 0 Å². The van der Waals surface area contributed by atoms with Crippen LogP contribution >= 0.6 is 0 Å². The summed E-state index contributed by atoms with van der Waals surface area (Å²) in [5, 5.41) is 2.87. The van der Waals surface area contributed by atoms with Crippen molar-refractivity contribution in [2.45, 2.75) is 38.1 Å². The third-order valence-electron chi connectivity index (χ3n) is 8.66. The van der Waals surface area contributed by atoms with Crippen molar-refractivity contribution in [1.29, 1.82) is 0 Å². The number of benzene rings is 1. The van der Waals surface area contributed by atoms with Gasteiger partial charge in [0.05, 0.1) is 0 Å². The normalized spacial score (nSPS) is 15.5. The molecular weight excluding hydrogens is 680 g/mol. The largest absolute Gasteiger partial charge is 0.328 e. The van der Waals surface area contributed by atoms with Gasteiger partial charge in [-0.3, -0.25) is 15.2 Å². The number of amides is 2. The summed E-state index contributed by atoms with van der Waals surface area (Å²) in [6.07, 6.45) is -2.13. The molecule has 1 aromatic carbocycles. The third kappa shape index (κ3) is 16.9. The summed E-state index contributed by atoms with van der Waals surface area (Å²) >= 11 is 0. The molecule has 1 saturated heterocycles. The molecule has 1 aromatic rings. The van der Waals surface area contributed by atoms with Gasteiger partial charge in [0, 0.05) is 141 Å². The van der Waals surface area contributed by atoms with Gasteiger partial charge in [-0.2, -0.15) is 0 Å². The van der Waals surface area contributed by atoms with Gasteiger partial charge in [-0.05, 0) is 130 Å². The highest BCUT2D eigenvalue weighted by Crippen LogP contribution is 2.42. The molecule has 0 bridgehead atoms. The van der Waals surface area contributed by atoms with E-state index in [2.05, 4.69) is 122 Å². The molecule has 1 aliphatic heterocycles. The van der Waals surface area contributed by atoms with Gasteiger partial charge in [-0.1, -0.05) is 37.3 Å². The SMILES string of the molecule is C=C=C=C=C=C=C=C=C=C=C=C=C=C=C=C=C=C.CN=C1NC(=O)N(c2cccc(F)c2)[C@@]12CCC[C@@H](C)C2.[B]B([B])B(B([B])[B])B(B([B])[B])B(B([B])[B])B([B])[B]. The molecule has 0 aromatic heterocycles. The summed E-state index contributed by atoms with van der Waals surface area (Å²) in [6, 6.07) is 6.01. The zero-order chi connectivity index (χ0) is 43.0. The molecule has 57 heavy (non-hydrogen) atoms. The molecule has 1 N–H and O–H groups in total. The minimum absolute atomic E-state index is 0.213. The fraction of sp³-hybridized carbons (Fsp3) is 0.235. The Labute approximate surface area is 354 Å². The lowest BCUT2D eigenvalue weighted by atomic mass is 8.41. The van der Waals surface area contributed by atoms with Gasteiger partial charge < -0.3 is 0 Å². The molecular formula is C34H24B18FN3O. The number of halogens is 1. The smallest absolute Gasteiger partial charge is 0.294 e. The molecule has 242 valence electrons. The van der Waals surface area contributed by atoms with E-state index >= 15 is 0 Å². The molecule has 2 fully saturated rings. The first-order valence-corrected chi connectivity index (χ1v) is 17.5. The van der Waals surface area contributed by atoms with E-state index in [0.717, 1.165) is 25.7 Å². The highest BCUT2D eigenvalue weighted by molar-refractivity contribution is 8.17. The van der Waals surface area contributed by atoms with Crippen molar-refractivity contribution in [3.63, 3.8) is 0 Å². The molecule has 3 rings (SSSR count).